The molecule has 0 aliphatic carbocycles. The summed E-state index contributed by atoms with van der Waals surface area (Å²) in [5.74, 6) is 0. The lowest BCUT2D eigenvalue weighted by Gasteiger charge is -2.20. The maximum Gasteiger partial charge on any atom is 0.0953 e. The molecule has 3 heteroatoms. The van der Waals surface area contributed by atoms with Crippen molar-refractivity contribution in [2.75, 3.05) is 19.8 Å². The fourth-order valence-corrected chi connectivity index (χ4v) is 1.80. The Labute approximate surface area is 90.9 Å². The Morgan fingerprint density at radius 2 is 1.93 bits per heavy atom. The number of aryl methyl sites for hydroxylation is 2. The summed E-state index contributed by atoms with van der Waals surface area (Å²) in [6, 6.07) is 6.12. The van der Waals surface area contributed by atoms with Crippen LogP contribution in [0.1, 0.15) is 22.8 Å². The summed E-state index contributed by atoms with van der Waals surface area (Å²) in [6.45, 7) is 4.89. The van der Waals surface area contributed by atoms with E-state index in [0.29, 0.717) is 13.2 Å². The van der Waals surface area contributed by atoms with Crippen LogP contribution in [0, 0.1) is 13.8 Å². The molecule has 84 valence electrons. The third-order valence-electron chi connectivity index (χ3n) is 2.49. The average molecular weight is 209 g/mol. The lowest BCUT2D eigenvalue weighted by molar-refractivity contribution is 0.0322. The van der Waals surface area contributed by atoms with Gasteiger partial charge in [-0.25, -0.2) is 0 Å². The number of aliphatic hydroxyl groups excluding tert-OH is 1. The normalized spacial score (nSPS) is 12.8. The van der Waals surface area contributed by atoms with E-state index in [0.717, 1.165) is 5.56 Å². The molecule has 0 saturated carbocycles. The summed E-state index contributed by atoms with van der Waals surface area (Å²) in [5.41, 5.74) is 9.19. The highest BCUT2D eigenvalue weighted by atomic mass is 16.5. The first-order valence-corrected chi connectivity index (χ1v) is 5.19. The molecule has 3 nitrogen and oxygen atoms in total. The second-order valence-corrected chi connectivity index (χ2v) is 3.62. The van der Waals surface area contributed by atoms with Gasteiger partial charge in [0.05, 0.1) is 19.3 Å². The molecular weight excluding hydrogens is 190 g/mol. The molecule has 1 aromatic rings. The van der Waals surface area contributed by atoms with Crippen molar-refractivity contribution in [3.8, 4) is 0 Å². The molecule has 3 N–H and O–H groups in total. The monoisotopic (exact) mass is 209 g/mol. The first-order chi connectivity index (χ1) is 7.20. The SMILES string of the molecule is Cc1cccc(C)c1C(CN)OCCO. The lowest BCUT2D eigenvalue weighted by atomic mass is 9.98. The summed E-state index contributed by atoms with van der Waals surface area (Å²) >= 11 is 0. The molecular formula is C12H19NO2. The Balaban J connectivity index is 2.90. The Bertz CT molecular complexity index is 292. The number of aliphatic hydroxyl groups is 1. The number of benzene rings is 1. The fourth-order valence-electron chi connectivity index (χ4n) is 1.80. The van der Waals surface area contributed by atoms with Crippen LogP contribution in [0.4, 0.5) is 0 Å². The van der Waals surface area contributed by atoms with E-state index >= 15 is 0 Å². The maximum absolute atomic E-state index is 8.73. The van der Waals surface area contributed by atoms with Crippen molar-refractivity contribution in [1.29, 1.82) is 0 Å². The van der Waals surface area contributed by atoms with Gasteiger partial charge in [-0.1, -0.05) is 18.2 Å². The van der Waals surface area contributed by atoms with Crippen LogP contribution in [0.3, 0.4) is 0 Å². The lowest BCUT2D eigenvalue weighted by Crippen LogP contribution is -2.19. The minimum absolute atomic E-state index is 0.0292. The Morgan fingerprint density at radius 1 is 1.33 bits per heavy atom. The minimum Gasteiger partial charge on any atom is -0.394 e. The summed E-state index contributed by atoms with van der Waals surface area (Å²) < 4.78 is 5.51. The van der Waals surface area contributed by atoms with E-state index in [2.05, 4.69) is 0 Å². The molecule has 0 bridgehead atoms. The van der Waals surface area contributed by atoms with E-state index in [1.165, 1.54) is 11.1 Å². The van der Waals surface area contributed by atoms with E-state index in [1.807, 2.05) is 32.0 Å². The van der Waals surface area contributed by atoms with Crippen molar-refractivity contribution in [2.24, 2.45) is 5.73 Å². The van der Waals surface area contributed by atoms with Gasteiger partial charge in [0, 0.05) is 6.54 Å². The molecule has 0 aliphatic heterocycles. The molecule has 0 radical (unpaired) electrons. The zero-order chi connectivity index (χ0) is 11.3. The molecule has 0 heterocycles. The van der Waals surface area contributed by atoms with Gasteiger partial charge in [0.1, 0.15) is 0 Å². The largest absolute Gasteiger partial charge is 0.394 e. The van der Waals surface area contributed by atoms with Crippen LogP contribution >= 0.6 is 0 Å². The number of ether oxygens (including phenoxy) is 1. The van der Waals surface area contributed by atoms with Crippen molar-refractivity contribution < 1.29 is 9.84 Å². The van der Waals surface area contributed by atoms with Gasteiger partial charge in [-0.15, -0.1) is 0 Å². The average Bonchev–Trinajstić information content (AvgIpc) is 2.22. The van der Waals surface area contributed by atoms with Crippen molar-refractivity contribution in [2.45, 2.75) is 20.0 Å². The van der Waals surface area contributed by atoms with Gasteiger partial charge >= 0.3 is 0 Å². The highest BCUT2D eigenvalue weighted by molar-refractivity contribution is 5.35. The Hall–Kier alpha value is -0.900. The molecule has 0 aliphatic rings. The zero-order valence-corrected chi connectivity index (χ0v) is 9.36. The summed E-state index contributed by atoms with van der Waals surface area (Å²) in [4.78, 5) is 0. The standard InChI is InChI=1S/C12H19NO2/c1-9-4-3-5-10(2)12(9)11(8-13)15-7-6-14/h3-5,11,14H,6-8,13H2,1-2H3. The maximum atomic E-state index is 8.73. The molecule has 0 fully saturated rings. The van der Waals surface area contributed by atoms with Crippen LogP contribution < -0.4 is 5.73 Å². The number of hydrogen-bond donors (Lipinski definition) is 2. The number of rotatable bonds is 5. The predicted octanol–water partition coefficient (Wildman–Crippen LogP) is 1.31. The molecule has 1 unspecified atom stereocenters. The van der Waals surface area contributed by atoms with Gasteiger partial charge in [0.2, 0.25) is 0 Å². The van der Waals surface area contributed by atoms with E-state index < -0.39 is 0 Å². The van der Waals surface area contributed by atoms with Crippen LogP contribution in [0.25, 0.3) is 0 Å². The molecule has 0 aromatic heterocycles. The van der Waals surface area contributed by atoms with Crippen LogP contribution in [-0.4, -0.2) is 24.9 Å². The molecule has 0 amide bonds. The Kier molecular flexibility index (Phi) is 4.75. The Morgan fingerprint density at radius 3 is 2.40 bits per heavy atom. The van der Waals surface area contributed by atoms with Gasteiger partial charge in [-0.2, -0.15) is 0 Å². The summed E-state index contributed by atoms with van der Waals surface area (Å²) in [7, 11) is 0. The van der Waals surface area contributed by atoms with E-state index in [9.17, 15) is 0 Å². The van der Waals surface area contributed by atoms with Gasteiger partial charge in [0.15, 0.2) is 0 Å². The number of nitrogens with two attached hydrogens (primary N) is 1. The molecule has 1 rings (SSSR count). The van der Waals surface area contributed by atoms with E-state index in [1.54, 1.807) is 0 Å². The van der Waals surface area contributed by atoms with Crippen molar-refractivity contribution >= 4 is 0 Å². The summed E-state index contributed by atoms with van der Waals surface area (Å²) in [6.07, 6.45) is -0.113. The quantitative estimate of drug-likeness (QED) is 0.768. The molecule has 0 saturated heterocycles. The smallest absolute Gasteiger partial charge is 0.0953 e. The van der Waals surface area contributed by atoms with Crippen molar-refractivity contribution in [1.82, 2.24) is 0 Å². The second kappa shape index (κ2) is 5.85. The minimum atomic E-state index is -0.113. The molecule has 1 aromatic carbocycles. The molecule has 1 atom stereocenters. The zero-order valence-electron chi connectivity index (χ0n) is 9.36. The van der Waals surface area contributed by atoms with Gasteiger partial charge in [-0.3, -0.25) is 0 Å². The van der Waals surface area contributed by atoms with E-state index in [-0.39, 0.29) is 12.7 Å². The first kappa shape index (κ1) is 12.2. The van der Waals surface area contributed by atoms with Gasteiger partial charge in [0.25, 0.3) is 0 Å². The van der Waals surface area contributed by atoms with Crippen molar-refractivity contribution in [3.63, 3.8) is 0 Å². The van der Waals surface area contributed by atoms with Crippen LogP contribution in [0.5, 0.6) is 0 Å². The van der Waals surface area contributed by atoms with Crippen LogP contribution in [0.15, 0.2) is 18.2 Å². The van der Waals surface area contributed by atoms with Gasteiger partial charge < -0.3 is 15.6 Å². The predicted molar refractivity (Wildman–Crippen MR) is 60.7 cm³/mol. The van der Waals surface area contributed by atoms with Crippen molar-refractivity contribution in [3.05, 3.63) is 34.9 Å². The topological polar surface area (TPSA) is 55.5 Å². The summed E-state index contributed by atoms with van der Waals surface area (Å²) in [5, 5.41) is 8.73. The number of hydrogen-bond acceptors (Lipinski definition) is 3. The van der Waals surface area contributed by atoms with Gasteiger partial charge in [-0.05, 0) is 30.5 Å². The molecule has 0 spiro atoms. The third-order valence-corrected chi connectivity index (χ3v) is 2.49. The highest BCUT2D eigenvalue weighted by Crippen LogP contribution is 2.23. The third kappa shape index (κ3) is 3.02. The van der Waals surface area contributed by atoms with E-state index in [4.69, 9.17) is 15.6 Å². The first-order valence-electron chi connectivity index (χ1n) is 5.19. The fraction of sp³-hybridized carbons (Fsp3) is 0.500. The van der Waals surface area contributed by atoms with Crippen LogP contribution in [0.2, 0.25) is 0 Å². The second-order valence-electron chi connectivity index (χ2n) is 3.62. The molecule has 15 heavy (non-hydrogen) atoms. The highest BCUT2D eigenvalue weighted by Gasteiger charge is 2.14. The van der Waals surface area contributed by atoms with Crippen LogP contribution in [-0.2, 0) is 4.74 Å².